The van der Waals surface area contributed by atoms with Gasteiger partial charge in [-0.25, -0.2) is 0 Å². The fourth-order valence-electron chi connectivity index (χ4n) is 1.53. The molecule has 2 rings (SSSR count). The first kappa shape index (κ1) is 11.3. The Labute approximate surface area is 98.6 Å². The van der Waals surface area contributed by atoms with E-state index in [1.54, 1.807) is 17.0 Å². The van der Waals surface area contributed by atoms with E-state index in [1.807, 2.05) is 0 Å². The van der Waals surface area contributed by atoms with Crippen molar-refractivity contribution < 1.29 is 4.79 Å². The van der Waals surface area contributed by atoms with Crippen LogP contribution in [0.25, 0.3) is 0 Å². The molecule has 1 aliphatic carbocycles. The van der Waals surface area contributed by atoms with E-state index >= 15 is 0 Å². The first-order valence-corrected chi connectivity index (χ1v) is 5.56. The van der Waals surface area contributed by atoms with E-state index in [-0.39, 0.29) is 12.5 Å². The van der Waals surface area contributed by atoms with E-state index in [4.69, 9.17) is 17.3 Å². The Kier molecular flexibility index (Phi) is 3.36. The van der Waals surface area contributed by atoms with E-state index < -0.39 is 0 Å². The van der Waals surface area contributed by atoms with Gasteiger partial charge in [-0.15, -0.1) is 5.10 Å². The molecule has 86 valence electrons. The summed E-state index contributed by atoms with van der Waals surface area (Å²) in [6, 6.07) is 3.77. The minimum Gasteiger partial charge on any atom is -0.333 e. The highest BCUT2D eigenvalue weighted by Crippen LogP contribution is 2.27. The summed E-state index contributed by atoms with van der Waals surface area (Å²) in [6.07, 6.45) is 2.10. The van der Waals surface area contributed by atoms with E-state index in [1.165, 1.54) is 0 Å². The third-order valence-corrected chi connectivity index (χ3v) is 2.70. The summed E-state index contributed by atoms with van der Waals surface area (Å²) in [4.78, 5) is 13.4. The molecular weight excluding hydrogens is 228 g/mol. The maximum atomic E-state index is 11.6. The van der Waals surface area contributed by atoms with Crippen molar-refractivity contribution in [3.8, 4) is 0 Å². The highest BCUT2D eigenvalue weighted by Gasteiger charge is 2.32. The SMILES string of the molecule is NCC(=O)N(Cc1ccc(Cl)nn1)C1CC1. The molecule has 0 spiro atoms. The summed E-state index contributed by atoms with van der Waals surface area (Å²) >= 11 is 5.64. The molecule has 1 saturated carbocycles. The normalized spacial score (nSPS) is 14.9. The number of carbonyl (C=O) groups excluding carboxylic acids is 1. The Morgan fingerprint density at radius 3 is 2.75 bits per heavy atom. The van der Waals surface area contributed by atoms with Crippen LogP contribution in [0.5, 0.6) is 0 Å². The highest BCUT2D eigenvalue weighted by molar-refractivity contribution is 6.29. The highest BCUT2D eigenvalue weighted by atomic mass is 35.5. The minimum absolute atomic E-state index is 0.0392. The Balaban J connectivity index is 2.05. The standard InChI is InChI=1S/C10H13ClN4O/c11-9-4-1-7(13-14-9)6-15(8-2-3-8)10(16)5-12/h1,4,8H,2-3,5-6,12H2. The van der Waals surface area contributed by atoms with Crippen molar-refractivity contribution >= 4 is 17.5 Å². The average Bonchev–Trinajstić information content (AvgIpc) is 3.11. The van der Waals surface area contributed by atoms with Crippen LogP contribution in [0.4, 0.5) is 0 Å². The number of nitrogens with zero attached hydrogens (tertiary/aromatic N) is 3. The van der Waals surface area contributed by atoms with Crippen molar-refractivity contribution in [2.75, 3.05) is 6.54 Å². The van der Waals surface area contributed by atoms with Gasteiger partial charge in [0.1, 0.15) is 0 Å². The molecule has 0 bridgehead atoms. The van der Waals surface area contributed by atoms with Crippen molar-refractivity contribution in [3.63, 3.8) is 0 Å². The van der Waals surface area contributed by atoms with E-state index in [0.29, 0.717) is 17.7 Å². The van der Waals surface area contributed by atoms with Gasteiger partial charge < -0.3 is 10.6 Å². The lowest BCUT2D eigenvalue weighted by Crippen LogP contribution is -2.37. The second-order valence-electron chi connectivity index (χ2n) is 3.80. The maximum Gasteiger partial charge on any atom is 0.236 e. The topological polar surface area (TPSA) is 72.1 Å². The van der Waals surface area contributed by atoms with Crippen LogP contribution in [-0.4, -0.2) is 33.6 Å². The van der Waals surface area contributed by atoms with Crippen LogP contribution in [0.3, 0.4) is 0 Å². The molecule has 1 amide bonds. The largest absolute Gasteiger partial charge is 0.333 e. The molecule has 0 unspecified atom stereocenters. The summed E-state index contributed by atoms with van der Waals surface area (Å²) in [5.41, 5.74) is 6.10. The Bertz CT molecular complexity index is 377. The zero-order valence-electron chi connectivity index (χ0n) is 8.77. The van der Waals surface area contributed by atoms with E-state index in [0.717, 1.165) is 18.5 Å². The van der Waals surface area contributed by atoms with Gasteiger partial charge in [-0.2, -0.15) is 5.10 Å². The number of nitrogens with two attached hydrogens (primary N) is 1. The van der Waals surface area contributed by atoms with Gasteiger partial charge in [-0.05, 0) is 25.0 Å². The summed E-state index contributed by atoms with van der Waals surface area (Å²) < 4.78 is 0. The second kappa shape index (κ2) is 4.76. The van der Waals surface area contributed by atoms with Crippen LogP contribution >= 0.6 is 11.6 Å². The number of rotatable bonds is 4. The second-order valence-corrected chi connectivity index (χ2v) is 4.19. The molecule has 0 aliphatic heterocycles. The number of aromatic nitrogens is 2. The molecule has 1 aromatic rings. The number of halogens is 1. The quantitative estimate of drug-likeness (QED) is 0.836. The number of amides is 1. The number of carbonyl (C=O) groups is 1. The molecule has 0 aromatic carbocycles. The first-order valence-electron chi connectivity index (χ1n) is 5.18. The first-order chi connectivity index (χ1) is 7.70. The molecule has 1 fully saturated rings. The Morgan fingerprint density at radius 1 is 1.50 bits per heavy atom. The molecule has 1 aliphatic rings. The van der Waals surface area contributed by atoms with Gasteiger partial charge in [-0.3, -0.25) is 4.79 Å². The summed E-state index contributed by atoms with van der Waals surface area (Å²) in [7, 11) is 0. The van der Waals surface area contributed by atoms with Crippen LogP contribution in [0.1, 0.15) is 18.5 Å². The molecule has 1 aromatic heterocycles. The molecule has 5 nitrogen and oxygen atoms in total. The smallest absolute Gasteiger partial charge is 0.236 e. The van der Waals surface area contributed by atoms with Crippen molar-refractivity contribution in [1.29, 1.82) is 0 Å². The van der Waals surface area contributed by atoms with Gasteiger partial charge in [0.25, 0.3) is 0 Å². The summed E-state index contributed by atoms with van der Waals surface area (Å²) in [5.74, 6) is -0.0424. The molecule has 0 saturated heterocycles. The lowest BCUT2D eigenvalue weighted by atomic mass is 10.3. The molecule has 16 heavy (non-hydrogen) atoms. The lowest BCUT2D eigenvalue weighted by molar-refractivity contribution is -0.130. The molecule has 0 radical (unpaired) electrons. The van der Waals surface area contributed by atoms with Crippen LogP contribution in [0.2, 0.25) is 5.15 Å². The molecule has 1 heterocycles. The van der Waals surface area contributed by atoms with Crippen molar-refractivity contribution in [2.45, 2.75) is 25.4 Å². The van der Waals surface area contributed by atoms with Crippen molar-refractivity contribution in [3.05, 3.63) is 23.0 Å². The average molecular weight is 241 g/mol. The number of hydrogen-bond acceptors (Lipinski definition) is 4. The van der Waals surface area contributed by atoms with Gasteiger partial charge >= 0.3 is 0 Å². The van der Waals surface area contributed by atoms with E-state index in [2.05, 4.69) is 10.2 Å². The fraction of sp³-hybridized carbons (Fsp3) is 0.500. The summed E-state index contributed by atoms with van der Waals surface area (Å²) in [5, 5.41) is 8.03. The molecule has 2 N–H and O–H groups in total. The van der Waals surface area contributed by atoms with Crippen LogP contribution < -0.4 is 5.73 Å². The van der Waals surface area contributed by atoms with Crippen molar-refractivity contribution in [1.82, 2.24) is 15.1 Å². The third kappa shape index (κ3) is 2.68. The third-order valence-electron chi connectivity index (χ3n) is 2.50. The van der Waals surface area contributed by atoms with Gasteiger partial charge in [0.15, 0.2) is 5.15 Å². The Hall–Kier alpha value is -1.20. The van der Waals surface area contributed by atoms with E-state index in [9.17, 15) is 4.79 Å². The van der Waals surface area contributed by atoms with Crippen LogP contribution in [0, 0.1) is 0 Å². The van der Waals surface area contributed by atoms with Gasteiger partial charge in [0, 0.05) is 6.04 Å². The minimum atomic E-state index is -0.0424. The predicted molar refractivity (Wildman–Crippen MR) is 59.7 cm³/mol. The van der Waals surface area contributed by atoms with Gasteiger partial charge in [0.2, 0.25) is 5.91 Å². The Morgan fingerprint density at radius 2 is 2.25 bits per heavy atom. The van der Waals surface area contributed by atoms with Gasteiger partial charge in [0.05, 0.1) is 18.8 Å². The van der Waals surface area contributed by atoms with Crippen LogP contribution in [0.15, 0.2) is 12.1 Å². The maximum absolute atomic E-state index is 11.6. The fourth-order valence-corrected chi connectivity index (χ4v) is 1.63. The predicted octanol–water partition coefficient (Wildman–Crippen LogP) is 0.580. The molecule has 6 heteroatoms. The van der Waals surface area contributed by atoms with Crippen LogP contribution in [-0.2, 0) is 11.3 Å². The zero-order chi connectivity index (χ0) is 11.5. The summed E-state index contributed by atoms with van der Waals surface area (Å²) in [6.45, 7) is 0.502. The van der Waals surface area contributed by atoms with Gasteiger partial charge in [-0.1, -0.05) is 11.6 Å². The zero-order valence-corrected chi connectivity index (χ0v) is 9.52. The molecule has 0 atom stereocenters. The molecular formula is C10H13ClN4O. The van der Waals surface area contributed by atoms with Crippen molar-refractivity contribution in [2.24, 2.45) is 5.73 Å². The number of hydrogen-bond donors (Lipinski definition) is 1. The lowest BCUT2D eigenvalue weighted by Gasteiger charge is -2.20. The monoisotopic (exact) mass is 240 g/mol.